The summed E-state index contributed by atoms with van der Waals surface area (Å²) in [5, 5.41) is 0. The highest BCUT2D eigenvalue weighted by molar-refractivity contribution is 5.41. The van der Waals surface area contributed by atoms with E-state index < -0.39 is 0 Å². The molecular weight excluding hydrogens is 222 g/mol. The summed E-state index contributed by atoms with van der Waals surface area (Å²) >= 11 is 0. The maximum atomic E-state index is 5.87. The van der Waals surface area contributed by atoms with Gasteiger partial charge in [-0.05, 0) is 54.3 Å². The van der Waals surface area contributed by atoms with Crippen LogP contribution in [0.5, 0.6) is 5.75 Å². The predicted octanol–water partition coefficient (Wildman–Crippen LogP) is 3.66. The lowest BCUT2D eigenvalue weighted by Crippen LogP contribution is -2.19. The molecule has 2 unspecified atom stereocenters. The molecule has 0 amide bonds. The fourth-order valence-corrected chi connectivity index (χ4v) is 2.74. The van der Waals surface area contributed by atoms with Crippen LogP contribution in [0.3, 0.4) is 0 Å². The van der Waals surface area contributed by atoms with Crippen LogP contribution in [0.1, 0.15) is 56.6 Å². The molecule has 0 fully saturated rings. The van der Waals surface area contributed by atoms with Gasteiger partial charge in [-0.3, -0.25) is 0 Å². The third kappa shape index (κ3) is 2.69. The monoisotopic (exact) mass is 247 g/mol. The molecule has 1 aromatic carbocycles. The highest BCUT2D eigenvalue weighted by atomic mass is 16.5. The van der Waals surface area contributed by atoms with Gasteiger partial charge in [-0.25, -0.2) is 0 Å². The Morgan fingerprint density at radius 1 is 1.33 bits per heavy atom. The van der Waals surface area contributed by atoms with Crippen LogP contribution in [-0.4, -0.2) is 13.2 Å². The average molecular weight is 247 g/mol. The Balaban J connectivity index is 2.40. The minimum absolute atomic E-state index is 0.521. The molecule has 0 aliphatic carbocycles. The van der Waals surface area contributed by atoms with E-state index in [2.05, 4.69) is 39.0 Å². The van der Waals surface area contributed by atoms with Crippen LogP contribution in [0.4, 0.5) is 0 Å². The first-order valence-corrected chi connectivity index (χ1v) is 7.10. The molecule has 0 saturated carbocycles. The third-order valence-electron chi connectivity index (χ3n) is 4.08. The number of rotatable bonds is 3. The summed E-state index contributed by atoms with van der Waals surface area (Å²) in [6, 6.07) is 6.67. The minimum Gasteiger partial charge on any atom is -0.493 e. The molecular formula is C16H25NO. The molecule has 2 atom stereocenters. The Morgan fingerprint density at radius 2 is 2.11 bits per heavy atom. The first-order valence-electron chi connectivity index (χ1n) is 7.10. The molecule has 1 aliphatic heterocycles. The molecule has 0 bridgehead atoms. The van der Waals surface area contributed by atoms with Gasteiger partial charge in [-0.2, -0.15) is 0 Å². The normalized spacial score (nSPS) is 21.1. The Hall–Kier alpha value is -1.02. The van der Waals surface area contributed by atoms with Gasteiger partial charge in [0.2, 0.25) is 0 Å². The average Bonchev–Trinajstić information content (AvgIpc) is 2.59. The molecule has 100 valence electrons. The SMILES string of the molecule is CC(C)c1ccc2c(c1)C(C(C)CN)CCCO2. The van der Waals surface area contributed by atoms with Gasteiger partial charge < -0.3 is 10.5 Å². The van der Waals surface area contributed by atoms with Gasteiger partial charge in [0.1, 0.15) is 5.75 Å². The van der Waals surface area contributed by atoms with Gasteiger partial charge in [-0.15, -0.1) is 0 Å². The minimum atomic E-state index is 0.521. The zero-order valence-corrected chi connectivity index (χ0v) is 11.8. The molecule has 2 rings (SSSR count). The number of benzene rings is 1. The van der Waals surface area contributed by atoms with Crippen molar-refractivity contribution in [2.75, 3.05) is 13.2 Å². The van der Waals surface area contributed by atoms with Crippen molar-refractivity contribution in [2.24, 2.45) is 11.7 Å². The molecule has 2 heteroatoms. The van der Waals surface area contributed by atoms with Crippen LogP contribution in [0.15, 0.2) is 18.2 Å². The molecule has 0 aromatic heterocycles. The smallest absolute Gasteiger partial charge is 0.122 e. The van der Waals surface area contributed by atoms with Crippen LogP contribution in [0.25, 0.3) is 0 Å². The van der Waals surface area contributed by atoms with Crippen LogP contribution in [0.2, 0.25) is 0 Å². The third-order valence-corrected chi connectivity index (χ3v) is 4.08. The van der Waals surface area contributed by atoms with E-state index in [1.807, 2.05) is 0 Å². The lowest BCUT2D eigenvalue weighted by Gasteiger charge is -2.23. The lowest BCUT2D eigenvalue weighted by atomic mass is 9.82. The first-order chi connectivity index (χ1) is 8.63. The first kappa shape index (κ1) is 13.4. The number of hydrogen-bond acceptors (Lipinski definition) is 2. The molecule has 0 radical (unpaired) electrons. The number of ether oxygens (including phenoxy) is 1. The molecule has 2 nitrogen and oxygen atoms in total. The second-order valence-corrected chi connectivity index (χ2v) is 5.76. The fraction of sp³-hybridized carbons (Fsp3) is 0.625. The number of nitrogens with two attached hydrogens (primary N) is 1. The number of fused-ring (bicyclic) bond motifs is 1. The van der Waals surface area contributed by atoms with E-state index in [1.54, 1.807) is 0 Å². The molecule has 18 heavy (non-hydrogen) atoms. The van der Waals surface area contributed by atoms with E-state index in [0.29, 0.717) is 17.8 Å². The van der Waals surface area contributed by atoms with Crippen molar-refractivity contribution in [2.45, 2.75) is 45.4 Å². The summed E-state index contributed by atoms with van der Waals surface area (Å²) in [4.78, 5) is 0. The molecule has 0 saturated heterocycles. The van der Waals surface area contributed by atoms with Gasteiger partial charge in [0, 0.05) is 0 Å². The molecule has 0 spiro atoms. The van der Waals surface area contributed by atoms with Crippen LogP contribution in [-0.2, 0) is 0 Å². The zero-order chi connectivity index (χ0) is 13.1. The van der Waals surface area contributed by atoms with Gasteiger partial charge in [-0.1, -0.05) is 32.9 Å². The summed E-state index contributed by atoms with van der Waals surface area (Å²) in [6.07, 6.45) is 2.31. The maximum Gasteiger partial charge on any atom is 0.122 e. The van der Waals surface area contributed by atoms with Crippen molar-refractivity contribution < 1.29 is 4.74 Å². The Morgan fingerprint density at radius 3 is 2.78 bits per heavy atom. The van der Waals surface area contributed by atoms with Crippen LogP contribution >= 0.6 is 0 Å². The largest absolute Gasteiger partial charge is 0.493 e. The van der Waals surface area contributed by atoms with E-state index in [4.69, 9.17) is 10.5 Å². The van der Waals surface area contributed by atoms with E-state index in [0.717, 1.165) is 25.3 Å². The highest BCUT2D eigenvalue weighted by Gasteiger charge is 2.24. The zero-order valence-electron chi connectivity index (χ0n) is 11.8. The standard InChI is InChI=1S/C16H25NO/c1-11(2)13-6-7-16-15(9-13)14(12(3)10-17)5-4-8-18-16/h6-7,9,11-12,14H,4-5,8,10,17H2,1-3H3. The van der Waals surface area contributed by atoms with Crippen molar-refractivity contribution in [3.05, 3.63) is 29.3 Å². The summed E-state index contributed by atoms with van der Waals surface area (Å²) in [6.45, 7) is 8.31. The predicted molar refractivity (Wildman–Crippen MR) is 76.2 cm³/mol. The highest BCUT2D eigenvalue weighted by Crippen LogP contribution is 2.39. The molecule has 1 aliphatic rings. The Bertz CT molecular complexity index is 400. The summed E-state index contributed by atoms with van der Waals surface area (Å²) in [5.41, 5.74) is 8.64. The molecule has 1 heterocycles. The number of hydrogen-bond donors (Lipinski definition) is 1. The fourth-order valence-electron chi connectivity index (χ4n) is 2.74. The van der Waals surface area contributed by atoms with Crippen molar-refractivity contribution >= 4 is 0 Å². The second-order valence-electron chi connectivity index (χ2n) is 5.76. The Labute approximate surface area is 111 Å². The summed E-state index contributed by atoms with van der Waals surface area (Å²) < 4.78 is 5.87. The van der Waals surface area contributed by atoms with Gasteiger partial charge in [0.05, 0.1) is 6.61 Å². The van der Waals surface area contributed by atoms with Gasteiger partial charge in [0.15, 0.2) is 0 Å². The Kier molecular flexibility index (Phi) is 4.28. The van der Waals surface area contributed by atoms with Crippen molar-refractivity contribution in [3.8, 4) is 5.75 Å². The molecule has 2 N–H and O–H groups in total. The quantitative estimate of drug-likeness (QED) is 0.884. The summed E-state index contributed by atoms with van der Waals surface area (Å²) in [5.74, 6) is 2.70. The maximum absolute atomic E-state index is 5.87. The van der Waals surface area contributed by atoms with Crippen molar-refractivity contribution in [1.82, 2.24) is 0 Å². The lowest BCUT2D eigenvalue weighted by molar-refractivity contribution is 0.314. The van der Waals surface area contributed by atoms with E-state index >= 15 is 0 Å². The van der Waals surface area contributed by atoms with Crippen LogP contribution < -0.4 is 10.5 Å². The topological polar surface area (TPSA) is 35.2 Å². The molecule has 1 aromatic rings. The van der Waals surface area contributed by atoms with Crippen molar-refractivity contribution in [1.29, 1.82) is 0 Å². The van der Waals surface area contributed by atoms with E-state index in [-0.39, 0.29) is 0 Å². The van der Waals surface area contributed by atoms with Gasteiger partial charge >= 0.3 is 0 Å². The van der Waals surface area contributed by atoms with Crippen LogP contribution in [0, 0.1) is 5.92 Å². The van der Waals surface area contributed by atoms with Gasteiger partial charge in [0.25, 0.3) is 0 Å². The second kappa shape index (κ2) is 5.75. The van der Waals surface area contributed by atoms with E-state index in [1.165, 1.54) is 17.5 Å². The van der Waals surface area contributed by atoms with E-state index in [9.17, 15) is 0 Å². The summed E-state index contributed by atoms with van der Waals surface area (Å²) in [7, 11) is 0. The van der Waals surface area contributed by atoms with Crippen molar-refractivity contribution in [3.63, 3.8) is 0 Å².